The zero-order valence-corrected chi connectivity index (χ0v) is 13.3. The molecule has 0 saturated carbocycles. The summed E-state index contributed by atoms with van der Waals surface area (Å²) in [6.07, 6.45) is 1.87. The highest BCUT2D eigenvalue weighted by Gasteiger charge is 2.25. The summed E-state index contributed by atoms with van der Waals surface area (Å²) in [5, 5.41) is 6.53. The Kier molecular flexibility index (Phi) is 5.76. The molecule has 1 aromatic carbocycles. The van der Waals surface area contributed by atoms with Crippen LogP contribution in [-0.4, -0.2) is 44.0 Å². The van der Waals surface area contributed by atoms with Gasteiger partial charge in [-0.3, -0.25) is 4.79 Å². The number of amides is 1. The van der Waals surface area contributed by atoms with Crippen LogP contribution in [0.4, 0.5) is 0 Å². The first-order chi connectivity index (χ1) is 10.1. The Morgan fingerprint density at radius 3 is 2.71 bits per heavy atom. The summed E-state index contributed by atoms with van der Waals surface area (Å²) < 4.78 is 0. The molecule has 0 bridgehead atoms. The molecule has 21 heavy (non-hydrogen) atoms. The normalized spacial score (nSPS) is 23.8. The fourth-order valence-electron chi connectivity index (χ4n) is 2.99. The van der Waals surface area contributed by atoms with E-state index < -0.39 is 0 Å². The molecule has 0 radical (unpaired) electrons. The minimum Gasteiger partial charge on any atom is -0.354 e. The molecule has 1 aliphatic heterocycles. The smallest absolute Gasteiger partial charge is 0.223 e. The minimum atomic E-state index is 0.153. The standard InChI is InChI=1S/C17H27N3O/c1-13-11-15(9-10-18-13)17(21)19-12-16(20(2)3)14-7-5-4-6-8-14/h4-8,13,15-16,18H,9-12H2,1-3H3,(H,19,21). The van der Waals surface area contributed by atoms with Gasteiger partial charge in [0, 0.05) is 18.5 Å². The first kappa shape index (κ1) is 16.0. The second kappa shape index (κ2) is 7.57. The van der Waals surface area contributed by atoms with Crippen molar-refractivity contribution in [3.05, 3.63) is 35.9 Å². The maximum Gasteiger partial charge on any atom is 0.223 e. The highest BCUT2D eigenvalue weighted by atomic mass is 16.1. The van der Waals surface area contributed by atoms with Gasteiger partial charge in [-0.05, 0) is 46.0 Å². The van der Waals surface area contributed by atoms with Crippen molar-refractivity contribution in [2.75, 3.05) is 27.2 Å². The van der Waals surface area contributed by atoms with Gasteiger partial charge in [0.2, 0.25) is 5.91 Å². The molecule has 116 valence electrons. The van der Waals surface area contributed by atoms with E-state index in [-0.39, 0.29) is 17.9 Å². The van der Waals surface area contributed by atoms with Gasteiger partial charge in [0.1, 0.15) is 0 Å². The Labute approximate surface area is 127 Å². The number of piperidine rings is 1. The lowest BCUT2D eigenvalue weighted by Gasteiger charge is -2.29. The third-order valence-corrected chi connectivity index (χ3v) is 4.27. The van der Waals surface area contributed by atoms with Gasteiger partial charge in [-0.1, -0.05) is 30.3 Å². The van der Waals surface area contributed by atoms with Crippen LogP contribution in [0, 0.1) is 5.92 Å². The van der Waals surface area contributed by atoms with Crippen molar-refractivity contribution in [3.8, 4) is 0 Å². The molecule has 3 atom stereocenters. The second-order valence-electron chi connectivity index (χ2n) is 6.21. The Hall–Kier alpha value is -1.39. The van der Waals surface area contributed by atoms with E-state index in [0.29, 0.717) is 12.6 Å². The Bertz CT molecular complexity index is 447. The van der Waals surface area contributed by atoms with E-state index in [0.717, 1.165) is 19.4 Å². The van der Waals surface area contributed by atoms with E-state index in [1.807, 2.05) is 18.2 Å². The van der Waals surface area contributed by atoms with Crippen molar-refractivity contribution in [2.45, 2.75) is 31.8 Å². The quantitative estimate of drug-likeness (QED) is 0.868. The first-order valence-corrected chi connectivity index (χ1v) is 7.80. The highest BCUT2D eigenvalue weighted by Crippen LogP contribution is 2.19. The van der Waals surface area contributed by atoms with Crippen LogP contribution in [0.25, 0.3) is 0 Å². The van der Waals surface area contributed by atoms with Crippen molar-refractivity contribution in [2.24, 2.45) is 5.92 Å². The SMILES string of the molecule is CC1CC(C(=O)NCC(c2ccccc2)N(C)C)CCN1. The third-order valence-electron chi connectivity index (χ3n) is 4.27. The number of rotatable bonds is 5. The van der Waals surface area contributed by atoms with Crippen molar-refractivity contribution in [1.29, 1.82) is 0 Å². The molecule has 0 aliphatic carbocycles. The fourth-order valence-corrected chi connectivity index (χ4v) is 2.99. The minimum absolute atomic E-state index is 0.153. The average molecular weight is 289 g/mol. The van der Waals surface area contributed by atoms with Crippen LogP contribution in [-0.2, 0) is 4.79 Å². The van der Waals surface area contributed by atoms with Crippen LogP contribution in [0.3, 0.4) is 0 Å². The van der Waals surface area contributed by atoms with E-state index in [4.69, 9.17) is 0 Å². The number of hydrogen-bond acceptors (Lipinski definition) is 3. The van der Waals surface area contributed by atoms with Crippen molar-refractivity contribution >= 4 is 5.91 Å². The van der Waals surface area contributed by atoms with E-state index >= 15 is 0 Å². The molecule has 0 spiro atoms. The number of carbonyl (C=O) groups excluding carboxylic acids is 1. The number of carbonyl (C=O) groups is 1. The average Bonchev–Trinajstić information content (AvgIpc) is 2.48. The summed E-state index contributed by atoms with van der Waals surface area (Å²) in [5.41, 5.74) is 1.24. The van der Waals surface area contributed by atoms with Gasteiger partial charge in [-0.25, -0.2) is 0 Å². The van der Waals surface area contributed by atoms with Gasteiger partial charge in [-0.15, -0.1) is 0 Å². The lowest BCUT2D eigenvalue weighted by atomic mass is 9.92. The molecule has 1 amide bonds. The van der Waals surface area contributed by atoms with Crippen LogP contribution in [0.1, 0.15) is 31.4 Å². The number of nitrogens with one attached hydrogen (secondary N) is 2. The summed E-state index contributed by atoms with van der Waals surface area (Å²) in [6.45, 7) is 3.75. The predicted octanol–water partition coefficient (Wildman–Crippen LogP) is 1.79. The molecule has 2 N–H and O–H groups in total. The lowest BCUT2D eigenvalue weighted by Crippen LogP contribution is -2.44. The van der Waals surface area contributed by atoms with Crippen LogP contribution in [0.15, 0.2) is 30.3 Å². The van der Waals surface area contributed by atoms with E-state index in [2.05, 4.69) is 48.7 Å². The molecule has 1 aliphatic rings. The third kappa shape index (κ3) is 4.55. The topological polar surface area (TPSA) is 44.4 Å². The number of nitrogens with zero attached hydrogens (tertiary/aromatic N) is 1. The Balaban J connectivity index is 1.91. The lowest BCUT2D eigenvalue weighted by molar-refractivity contribution is -0.126. The van der Waals surface area contributed by atoms with Gasteiger partial charge < -0.3 is 15.5 Å². The molecule has 4 nitrogen and oxygen atoms in total. The summed E-state index contributed by atoms with van der Waals surface area (Å²) in [4.78, 5) is 14.5. The van der Waals surface area contributed by atoms with Crippen LogP contribution >= 0.6 is 0 Å². The Morgan fingerprint density at radius 1 is 1.38 bits per heavy atom. The molecule has 4 heteroatoms. The fraction of sp³-hybridized carbons (Fsp3) is 0.588. The maximum atomic E-state index is 12.3. The monoisotopic (exact) mass is 289 g/mol. The van der Waals surface area contributed by atoms with E-state index in [1.165, 1.54) is 5.56 Å². The first-order valence-electron chi connectivity index (χ1n) is 7.80. The molecule has 1 aromatic rings. The molecular formula is C17H27N3O. The molecule has 0 aromatic heterocycles. The number of likely N-dealkylation sites (N-methyl/N-ethyl adjacent to an activating group) is 1. The Morgan fingerprint density at radius 2 is 2.10 bits per heavy atom. The second-order valence-corrected chi connectivity index (χ2v) is 6.21. The number of hydrogen-bond donors (Lipinski definition) is 2. The zero-order chi connectivity index (χ0) is 15.2. The molecule has 1 fully saturated rings. The largest absolute Gasteiger partial charge is 0.354 e. The molecular weight excluding hydrogens is 262 g/mol. The predicted molar refractivity (Wildman–Crippen MR) is 86.1 cm³/mol. The maximum absolute atomic E-state index is 12.3. The van der Waals surface area contributed by atoms with E-state index in [1.54, 1.807) is 0 Å². The van der Waals surface area contributed by atoms with Gasteiger partial charge in [0.25, 0.3) is 0 Å². The van der Waals surface area contributed by atoms with E-state index in [9.17, 15) is 4.79 Å². The van der Waals surface area contributed by atoms with Gasteiger partial charge in [0.05, 0.1) is 6.04 Å². The van der Waals surface area contributed by atoms with Crippen LogP contribution in [0.2, 0.25) is 0 Å². The summed E-state index contributed by atoms with van der Waals surface area (Å²) in [7, 11) is 4.10. The highest BCUT2D eigenvalue weighted by molar-refractivity contribution is 5.78. The molecule has 2 rings (SSSR count). The molecule has 3 unspecified atom stereocenters. The van der Waals surface area contributed by atoms with Crippen molar-refractivity contribution in [3.63, 3.8) is 0 Å². The summed E-state index contributed by atoms with van der Waals surface area (Å²) in [5.74, 6) is 0.353. The van der Waals surface area contributed by atoms with Crippen molar-refractivity contribution < 1.29 is 4.79 Å². The summed E-state index contributed by atoms with van der Waals surface area (Å²) in [6, 6.07) is 11.0. The molecule has 1 heterocycles. The van der Waals surface area contributed by atoms with Crippen LogP contribution < -0.4 is 10.6 Å². The summed E-state index contributed by atoms with van der Waals surface area (Å²) >= 11 is 0. The zero-order valence-electron chi connectivity index (χ0n) is 13.3. The molecule has 1 saturated heterocycles. The van der Waals surface area contributed by atoms with Crippen LogP contribution in [0.5, 0.6) is 0 Å². The van der Waals surface area contributed by atoms with Gasteiger partial charge >= 0.3 is 0 Å². The van der Waals surface area contributed by atoms with Gasteiger partial charge in [-0.2, -0.15) is 0 Å². The van der Waals surface area contributed by atoms with Gasteiger partial charge in [0.15, 0.2) is 0 Å². The van der Waals surface area contributed by atoms with Crippen molar-refractivity contribution in [1.82, 2.24) is 15.5 Å². The number of benzene rings is 1.